The Morgan fingerprint density at radius 3 is 2.19 bits per heavy atom. The molecule has 3 aromatic carbocycles. The summed E-state index contributed by atoms with van der Waals surface area (Å²) in [6, 6.07) is 15.6. The molecule has 2 heterocycles. The standard InChI is InChI=1S/C26H20N4O6S/c1-37(33,34)17-11-9-16(10-12-17)35-23-14-19-20(29-26(28-19)21-7-4-5-13-30(21)32)15-24(23)36-22-8-3-2-6-18(22)25(27)31/h2-15,32H,1H3,(H2,27,31)/b26-21-. The summed E-state index contributed by atoms with van der Waals surface area (Å²) in [5.41, 5.74) is 6.05. The SMILES string of the molecule is CS(=O)(=O)c1ccc(Oc2cc3c(cc2Oc2ccccc2C(N)=O)=N/C(=C2/C=CC=CN2O)N=3)cc1. The molecule has 186 valence electrons. The van der Waals surface area contributed by atoms with Crippen molar-refractivity contribution in [2.45, 2.75) is 4.90 Å². The molecule has 3 aromatic rings. The number of benzene rings is 3. The molecule has 37 heavy (non-hydrogen) atoms. The van der Waals surface area contributed by atoms with Gasteiger partial charge in [0.1, 0.15) is 17.2 Å². The predicted octanol–water partition coefficient (Wildman–Crippen LogP) is 2.97. The molecule has 2 aliphatic rings. The van der Waals surface area contributed by atoms with Gasteiger partial charge in [0.25, 0.3) is 5.91 Å². The Kier molecular flexibility index (Phi) is 6.07. The van der Waals surface area contributed by atoms with Crippen LogP contribution in [0.4, 0.5) is 0 Å². The van der Waals surface area contributed by atoms with Crippen LogP contribution in [0.1, 0.15) is 10.4 Å². The number of allylic oxidation sites excluding steroid dienone is 3. The molecule has 0 radical (unpaired) electrons. The number of amides is 1. The highest BCUT2D eigenvalue weighted by molar-refractivity contribution is 7.90. The van der Waals surface area contributed by atoms with E-state index in [9.17, 15) is 18.4 Å². The number of hydrogen-bond donors (Lipinski definition) is 2. The lowest BCUT2D eigenvalue weighted by Crippen LogP contribution is -2.21. The molecule has 3 N–H and O–H groups in total. The molecule has 0 fully saturated rings. The second-order valence-corrected chi connectivity index (χ2v) is 10.1. The maximum absolute atomic E-state index is 11.9. The van der Waals surface area contributed by atoms with Crippen molar-refractivity contribution in [3.8, 4) is 23.0 Å². The molecule has 0 unspecified atom stereocenters. The summed E-state index contributed by atoms with van der Waals surface area (Å²) < 4.78 is 35.7. The largest absolute Gasteiger partial charge is 0.453 e. The quantitative estimate of drug-likeness (QED) is 0.513. The van der Waals surface area contributed by atoms with Crippen molar-refractivity contribution in [2.24, 2.45) is 15.7 Å². The normalized spacial score (nSPS) is 16.1. The molecular weight excluding hydrogens is 496 g/mol. The number of rotatable bonds is 6. The van der Waals surface area contributed by atoms with Crippen LogP contribution in [-0.4, -0.2) is 30.9 Å². The second-order valence-electron chi connectivity index (χ2n) is 8.07. The minimum absolute atomic E-state index is 0.147. The summed E-state index contributed by atoms with van der Waals surface area (Å²) in [7, 11) is -3.37. The van der Waals surface area contributed by atoms with Crippen LogP contribution < -0.4 is 25.9 Å². The van der Waals surface area contributed by atoms with Gasteiger partial charge in [-0.1, -0.05) is 18.2 Å². The number of nitrogens with zero attached hydrogens (tertiary/aromatic N) is 3. The number of fused-ring (bicyclic) bond motifs is 1. The number of hydrogen-bond acceptors (Lipinski definition) is 9. The van der Waals surface area contributed by atoms with Crippen LogP contribution >= 0.6 is 0 Å². The minimum Gasteiger partial charge on any atom is -0.453 e. The number of nitrogens with two attached hydrogens (primary N) is 1. The maximum Gasteiger partial charge on any atom is 0.252 e. The van der Waals surface area contributed by atoms with Crippen molar-refractivity contribution < 1.29 is 27.9 Å². The molecule has 0 atom stereocenters. The van der Waals surface area contributed by atoms with Crippen molar-refractivity contribution in [1.29, 1.82) is 0 Å². The monoisotopic (exact) mass is 516 g/mol. The molecule has 0 bridgehead atoms. The molecule has 11 heteroatoms. The summed E-state index contributed by atoms with van der Waals surface area (Å²) in [4.78, 5) is 21.1. The summed E-state index contributed by atoms with van der Waals surface area (Å²) in [6.45, 7) is 0. The van der Waals surface area contributed by atoms with Crippen LogP contribution in [0.15, 0.2) is 111 Å². The van der Waals surface area contributed by atoms with Gasteiger partial charge in [-0.05, 0) is 48.6 Å². The zero-order valence-corrected chi connectivity index (χ0v) is 20.2. The lowest BCUT2D eigenvalue weighted by atomic mass is 10.2. The van der Waals surface area contributed by atoms with Crippen molar-refractivity contribution in [3.05, 3.63) is 113 Å². The summed E-state index contributed by atoms with van der Waals surface area (Å²) >= 11 is 0. The fraction of sp³-hybridized carbons (Fsp3) is 0.0385. The number of carbonyl (C=O) groups is 1. The molecule has 0 aliphatic carbocycles. The van der Waals surface area contributed by atoms with Crippen LogP contribution in [0.5, 0.6) is 23.0 Å². The topological polar surface area (TPSA) is 144 Å². The van der Waals surface area contributed by atoms with Gasteiger partial charge in [-0.25, -0.2) is 23.5 Å². The maximum atomic E-state index is 11.9. The van der Waals surface area contributed by atoms with E-state index in [0.29, 0.717) is 22.2 Å². The van der Waals surface area contributed by atoms with E-state index in [-0.39, 0.29) is 33.5 Å². The molecule has 1 amide bonds. The first-order valence-corrected chi connectivity index (χ1v) is 12.8. The second kappa shape index (κ2) is 9.37. The number of sulfone groups is 1. The summed E-state index contributed by atoms with van der Waals surface area (Å²) in [6.07, 6.45) is 7.64. The molecule has 0 saturated carbocycles. The van der Waals surface area contributed by atoms with Crippen molar-refractivity contribution in [2.75, 3.05) is 6.26 Å². The highest BCUT2D eigenvalue weighted by Gasteiger charge is 2.19. The van der Waals surface area contributed by atoms with Gasteiger partial charge >= 0.3 is 0 Å². The zero-order chi connectivity index (χ0) is 26.2. The van der Waals surface area contributed by atoms with Crippen molar-refractivity contribution in [3.63, 3.8) is 0 Å². The van der Waals surface area contributed by atoms with Gasteiger partial charge in [0, 0.05) is 24.6 Å². The molecule has 0 saturated heterocycles. The van der Waals surface area contributed by atoms with Gasteiger partial charge in [-0.3, -0.25) is 10.0 Å². The average molecular weight is 517 g/mol. The molecule has 5 rings (SSSR count). The van der Waals surface area contributed by atoms with Crippen LogP contribution in [-0.2, 0) is 9.84 Å². The minimum atomic E-state index is -3.37. The van der Waals surface area contributed by atoms with Gasteiger partial charge in [-0.2, -0.15) is 0 Å². The van der Waals surface area contributed by atoms with E-state index in [1.165, 1.54) is 36.5 Å². The van der Waals surface area contributed by atoms with Gasteiger partial charge in [0.05, 0.1) is 21.2 Å². The van der Waals surface area contributed by atoms with E-state index < -0.39 is 15.7 Å². The highest BCUT2D eigenvalue weighted by atomic mass is 32.2. The third-order valence-corrected chi connectivity index (χ3v) is 6.54. The van der Waals surface area contributed by atoms with Crippen LogP contribution in [0.2, 0.25) is 0 Å². The lowest BCUT2D eigenvalue weighted by molar-refractivity contribution is -0.00154. The number of primary amides is 1. The average Bonchev–Trinajstić information content (AvgIpc) is 3.27. The van der Waals surface area contributed by atoms with Crippen LogP contribution in [0.25, 0.3) is 0 Å². The fourth-order valence-electron chi connectivity index (χ4n) is 3.62. The Bertz CT molecular complexity index is 1740. The van der Waals surface area contributed by atoms with E-state index >= 15 is 0 Å². The molecule has 0 aromatic heterocycles. The third-order valence-electron chi connectivity index (χ3n) is 5.41. The number of ether oxygens (including phenoxy) is 2. The first kappa shape index (κ1) is 24.0. The van der Waals surface area contributed by atoms with Gasteiger partial charge in [0.15, 0.2) is 27.2 Å². The zero-order valence-electron chi connectivity index (χ0n) is 19.4. The first-order valence-electron chi connectivity index (χ1n) is 10.9. The Morgan fingerprint density at radius 1 is 0.919 bits per heavy atom. The van der Waals surface area contributed by atoms with Crippen molar-refractivity contribution >= 4 is 15.7 Å². The van der Waals surface area contributed by atoms with E-state index in [4.69, 9.17) is 15.2 Å². The number of para-hydroxylation sites is 1. The van der Waals surface area contributed by atoms with Crippen LogP contribution in [0, 0.1) is 0 Å². The summed E-state index contributed by atoms with van der Waals surface area (Å²) in [5, 5.41) is 12.0. The molecule has 0 spiro atoms. The molecule has 2 aliphatic heterocycles. The van der Waals surface area contributed by atoms with E-state index in [0.717, 1.165) is 11.3 Å². The van der Waals surface area contributed by atoms with Gasteiger partial charge in [-0.15, -0.1) is 0 Å². The first-order chi connectivity index (χ1) is 17.7. The Labute approximate surface area is 211 Å². The Morgan fingerprint density at radius 2 is 1.57 bits per heavy atom. The fourth-order valence-corrected chi connectivity index (χ4v) is 4.25. The number of carbonyl (C=O) groups excluding carboxylic acids is 1. The number of hydroxylamine groups is 2. The van der Waals surface area contributed by atoms with E-state index in [1.807, 2.05) is 0 Å². The van der Waals surface area contributed by atoms with Crippen molar-refractivity contribution in [1.82, 2.24) is 5.06 Å². The van der Waals surface area contributed by atoms with Crippen LogP contribution in [0.3, 0.4) is 0 Å². The smallest absolute Gasteiger partial charge is 0.252 e. The summed E-state index contributed by atoms with van der Waals surface area (Å²) in [5.74, 6) is 0.608. The van der Waals surface area contributed by atoms with E-state index in [2.05, 4.69) is 9.98 Å². The predicted molar refractivity (Wildman–Crippen MR) is 132 cm³/mol. The molecule has 10 nitrogen and oxygen atoms in total. The Balaban J connectivity index is 1.61. The van der Waals surface area contributed by atoms with Gasteiger partial charge in [0.2, 0.25) is 0 Å². The third kappa shape index (κ3) is 4.99. The van der Waals surface area contributed by atoms with Gasteiger partial charge < -0.3 is 15.2 Å². The van der Waals surface area contributed by atoms with E-state index in [1.54, 1.807) is 48.6 Å². The Hall–Kier alpha value is -4.74. The highest BCUT2D eigenvalue weighted by Crippen LogP contribution is 2.35. The lowest BCUT2D eigenvalue weighted by Gasteiger charge is -2.15. The molecular formula is C26H20N4O6S.